The van der Waals surface area contributed by atoms with Crippen LogP contribution in [-0.2, 0) is 9.53 Å². The van der Waals surface area contributed by atoms with Gasteiger partial charge in [-0.1, -0.05) is 32.6 Å². The number of amides is 1. The maximum atomic E-state index is 11.9. The van der Waals surface area contributed by atoms with Gasteiger partial charge in [-0.3, -0.25) is 4.79 Å². The number of Topliss-reactive ketones (excluding diaryl/α,β-unsaturated/α-hetero) is 1. The van der Waals surface area contributed by atoms with E-state index in [2.05, 4.69) is 6.58 Å². The van der Waals surface area contributed by atoms with Gasteiger partial charge in [0.2, 0.25) is 0 Å². The number of rotatable bonds is 5. The Balaban J connectivity index is 2.82. The normalized spacial score (nSPS) is 19.1. The van der Waals surface area contributed by atoms with Crippen molar-refractivity contribution in [2.24, 2.45) is 5.92 Å². The van der Waals surface area contributed by atoms with E-state index in [1.165, 1.54) is 6.08 Å². The number of halogens is 1. The minimum absolute atomic E-state index is 0.0163. The molecule has 1 aliphatic rings. The van der Waals surface area contributed by atoms with Gasteiger partial charge in [0.25, 0.3) is 0 Å². The summed E-state index contributed by atoms with van der Waals surface area (Å²) >= 11 is 5.57. The van der Waals surface area contributed by atoms with Crippen LogP contribution in [0.4, 0.5) is 4.79 Å². The number of nitrogens with zero attached hydrogens (tertiary/aromatic N) is 1. The van der Waals surface area contributed by atoms with Crippen LogP contribution in [0.3, 0.4) is 0 Å². The lowest BCUT2D eigenvalue weighted by atomic mass is 9.90. The molecule has 4 nitrogen and oxygen atoms in total. The molecule has 1 heterocycles. The maximum Gasteiger partial charge on any atom is 0.410 e. The Morgan fingerprint density at radius 2 is 2.32 bits per heavy atom. The Labute approximate surface area is 119 Å². The maximum absolute atomic E-state index is 11.9. The van der Waals surface area contributed by atoms with Gasteiger partial charge >= 0.3 is 6.09 Å². The molecule has 0 aliphatic carbocycles. The van der Waals surface area contributed by atoms with Crippen LogP contribution in [0.25, 0.3) is 0 Å². The molecule has 1 amide bonds. The van der Waals surface area contributed by atoms with Crippen LogP contribution in [0.2, 0.25) is 0 Å². The highest BCUT2D eigenvalue weighted by molar-refractivity contribution is 6.30. The topological polar surface area (TPSA) is 46.6 Å². The van der Waals surface area contributed by atoms with E-state index >= 15 is 0 Å². The fourth-order valence-corrected chi connectivity index (χ4v) is 2.27. The lowest BCUT2D eigenvalue weighted by Crippen LogP contribution is -2.46. The first-order chi connectivity index (χ1) is 9.01. The molecule has 0 aromatic heterocycles. The summed E-state index contributed by atoms with van der Waals surface area (Å²) in [6.07, 6.45) is 3.46. The van der Waals surface area contributed by atoms with E-state index in [1.54, 1.807) is 11.0 Å². The first-order valence-corrected chi connectivity index (χ1v) is 6.87. The zero-order valence-corrected chi connectivity index (χ0v) is 12.2. The molecular weight excluding hydrogens is 266 g/mol. The van der Waals surface area contributed by atoms with Crippen molar-refractivity contribution in [1.82, 2.24) is 4.90 Å². The van der Waals surface area contributed by atoms with E-state index in [4.69, 9.17) is 16.3 Å². The molecular formula is C14H20ClNO3. The summed E-state index contributed by atoms with van der Waals surface area (Å²) in [4.78, 5) is 25.2. The fraction of sp³-hybridized carbons (Fsp3) is 0.571. The highest BCUT2D eigenvalue weighted by Crippen LogP contribution is 2.25. The molecule has 0 bridgehead atoms. The first-order valence-electron chi connectivity index (χ1n) is 6.33. The third-order valence-corrected chi connectivity index (χ3v) is 3.41. The predicted octanol–water partition coefficient (Wildman–Crippen LogP) is 2.77. The molecule has 0 radical (unpaired) electrons. The van der Waals surface area contributed by atoms with Crippen molar-refractivity contribution in [3.63, 3.8) is 0 Å². The molecule has 1 rings (SSSR count). The molecule has 0 aromatic carbocycles. The second-order valence-corrected chi connectivity index (χ2v) is 5.09. The van der Waals surface area contributed by atoms with Crippen molar-refractivity contribution in [2.45, 2.75) is 26.3 Å². The average molecular weight is 286 g/mol. The minimum atomic E-state index is -0.368. The SMILES string of the molecule is C=CCOC(=O)N1CC=C(C(=O)CCl)C[C@@H]1C(C)C. The van der Waals surface area contributed by atoms with E-state index < -0.39 is 0 Å². The predicted molar refractivity (Wildman–Crippen MR) is 75.3 cm³/mol. The van der Waals surface area contributed by atoms with Gasteiger partial charge in [0.15, 0.2) is 5.78 Å². The van der Waals surface area contributed by atoms with Gasteiger partial charge in [0, 0.05) is 12.6 Å². The highest BCUT2D eigenvalue weighted by atomic mass is 35.5. The Kier molecular flexibility index (Phi) is 6.09. The van der Waals surface area contributed by atoms with Crippen molar-refractivity contribution in [1.29, 1.82) is 0 Å². The van der Waals surface area contributed by atoms with Gasteiger partial charge in [-0.05, 0) is 17.9 Å². The van der Waals surface area contributed by atoms with E-state index in [1.807, 2.05) is 13.8 Å². The summed E-state index contributed by atoms with van der Waals surface area (Å²) in [5.74, 6) is 0.159. The van der Waals surface area contributed by atoms with Crippen molar-refractivity contribution >= 4 is 23.5 Å². The lowest BCUT2D eigenvalue weighted by molar-refractivity contribution is -0.113. The van der Waals surface area contributed by atoms with Gasteiger partial charge in [-0.15, -0.1) is 11.6 Å². The molecule has 19 heavy (non-hydrogen) atoms. The number of ketones is 1. The standard InChI is InChI=1S/C14H20ClNO3/c1-4-7-19-14(18)16-6-5-11(13(17)9-15)8-12(16)10(2)3/h4-5,10,12H,1,6-9H2,2-3H3/t12-/m1/s1. The Bertz CT molecular complexity index is 390. The third kappa shape index (κ3) is 4.10. The van der Waals surface area contributed by atoms with Crippen LogP contribution >= 0.6 is 11.6 Å². The minimum Gasteiger partial charge on any atom is -0.445 e. The van der Waals surface area contributed by atoms with E-state index in [9.17, 15) is 9.59 Å². The van der Waals surface area contributed by atoms with E-state index in [-0.39, 0.29) is 36.3 Å². The molecule has 106 valence electrons. The van der Waals surface area contributed by atoms with Gasteiger partial charge in [-0.25, -0.2) is 4.79 Å². The average Bonchev–Trinajstić information content (AvgIpc) is 2.43. The van der Waals surface area contributed by atoms with Crippen molar-refractivity contribution in [3.8, 4) is 0 Å². The van der Waals surface area contributed by atoms with Crippen LogP contribution in [-0.4, -0.2) is 41.8 Å². The summed E-state index contributed by atoms with van der Waals surface area (Å²) in [6, 6.07) is -0.0375. The zero-order valence-electron chi connectivity index (χ0n) is 11.4. The molecule has 1 aliphatic heterocycles. The van der Waals surface area contributed by atoms with E-state index in [0.29, 0.717) is 18.5 Å². The first kappa shape index (κ1) is 15.8. The second kappa shape index (κ2) is 7.34. The Morgan fingerprint density at radius 1 is 1.63 bits per heavy atom. The second-order valence-electron chi connectivity index (χ2n) is 4.82. The molecule has 0 aromatic rings. The molecule has 0 unspecified atom stereocenters. The summed E-state index contributed by atoms with van der Waals surface area (Å²) in [6.45, 7) is 8.13. The number of carbonyl (C=O) groups is 2. The molecule has 0 spiro atoms. The summed E-state index contributed by atoms with van der Waals surface area (Å²) in [5.41, 5.74) is 0.710. The molecule has 5 heteroatoms. The van der Waals surface area contributed by atoms with Crippen LogP contribution in [0.5, 0.6) is 0 Å². The molecule has 0 saturated carbocycles. The smallest absolute Gasteiger partial charge is 0.410 e. The van der Waals surface area contributed by atoms with E-state index in [0.717, 1.165) is 0 Å². The Hall–Kier alpha value is -1.29. The van der Waals surface area contributed by atoms with Gasteiger partial charge < -0.3 is 9.64 Å². The summed E-state index contributed by atoms with van der Waals surface area (Å²) in [5, 5.41) is 0. The fourth-order valence-electron chi connectivity index (χ4n) is 2.09. The number of carbonyl (C=O) groups excluding carboxylic acids is 2. The van der Waals surface area contributed by atoms with Gasteiger partial charge in [0.1, 0.15) is 6.61 Å². The zero-order chi connectivity index (χ0) is 14.4. The molecule has 1 atom stereocenters. The number of hydrogen-bond acceptors (Lipinski definition) is 3. The van der Waals surface area contributed by atoms with Crippen LogP contribution in [0.15, 0.2) is 24.3 Å². The molecule has 0 N–H and O–H groups in total. The number of alkyl halides is 1. The summed E-state index contributed by atoms with van der Waals surface area (Å²) < 4.78 is 5.06. The monoisotopic (exact) mass is 285 g/mol. The van der Waals surface area contributed by atoms with Crippen LogP contribution < -0.4 is 0 Å². The van der Waals surface area contributed by atoms with Crippen LogP contribution in [0.1, 0.15) is 20.3 Å². The largest absolute Gasteiger partial charge is 0.445 e. The summed E-state index contributed by atoms with van der Waals surface area (Å²) in [7, 11) is 0. The molecule has 0 fully saturated rings. The van der Waals surface area contributed by atoms with Crippen molar-refractivity contribution in [3.05, 3.63) is 24.3 Å². The van der Waals surface area contributed by atoms with Crippen molar-refractivity contribution < 1.29 is 14.3 Å². The van der Waals surface area contributed by atoms with Crippen LogP contribution in [0, 0.1) is 5.92 Å². The highest BCUT2D eigenvalue weighted by Gasteiger charge is 2.32. The quantitative estimate of drug-likeness (QED) is 0.576. The number of hydrogen-bond donors (Lipinski definition) is 0. The Morgan fingerprint density at radius 3 is 2.84 bits per heavy atom. The lowest BCUT2D eigenvalue weighted by Gasteiger charge is -2.36. The van der Waals surface area contributed by atoms with Crippen molar-refractivity contribution in [2.75, 3.05) is 19.0 Å². The third-order valence-electron chi connectivity index (χ3n) is 3.17. The number of ether oxygens (including phenoxy) is 1. The van der Waals surface area contributed by atoms with Gasteiger partial charge in [-0.2, -0.15) is 0 Å². The molecule has 0 saturated heterocycles. The van der Waals surface area contributed by atoms with Gasteiger partial charge in [0.05, 0.1) is 5.88 Å².